The number of nitrogen functional groups attached to an aromatic ring is 1. The summed E-state index contributed by atoms with van der Waals surface area (Å²) in [5, 5.41) is 11.8. The molecule has 1 aromatic carbocycles. The Labute approximate surface area is 106 Å². The largest absolute Gasteiger partial charge is 0.397 e. The first-order chi connectivity index (χ1) is 8.70. The van der Waals surface area contributed by atoms with Crippen LogP contribution in [0.15, 0.2) is 18.2 Å². The number of nitriles is 1. The molecule has 18 heavy (non-hydrogen) atoms. The zero-order chi connectivity index (χ0) is 13.0. The molecule has 2 rings (SSSR count). The third kappa shape index (κ3) is 2.72. The zero-order valence-electron chi connectivity index (χ0n) is 10.1. The molecule has 94 valence electrons. The molecule has 0 aliphatic carbocycles. The van der Waals surface area contributed by atoms with Gasteiger partial charge in [0, 0.05) is 13.1 Å². The molecule has 0 bridgehead atoms. The molecule has 1 aliphatic rings. The van der Waals surface area contributed by atoms with Crippen LogP contribution in [-0.4, -0.2) is 30.4 Å². The molecule has 3 N–H and O–H groups in total. The molecule has 1 aromatic rings. The van der Waals surface area contributed by atoms with Crippen LogP contribution in [-0.2, 0) is 4.79 Å². The fourth-order valence-electron chi connectivity index (χ4n) is 2.03. The molecule has 5 heteroatoms. The van der Waals surface area contributed by atoms with E-state index in [0.29, 0.717) is 16.9 Å². The van der Waals surface area contributed by atoms with Crippen molar-refractivity contribution in [3.05, 3.63) is 23.8 Å². The number of nitrogens with one attached hydrogen (secondary N) is 1. The lowest BCUT2D eigenvalue weighted by Gasteiger charge is -2.16. The highest BCUT2D eigenvalue weighted by molar-refractivity contribution is 5.82. The van der Waals surface area contributed by atoms with Gasteiger partial charge in [-0.3, -0.25) is 4.79 Å². The van der Waals surface area contributed by atoms with E-state index in [-0.39, 0.29) is 12.5 Å². The van der Waals surface area contributed by atoms with E-state index in [4.69, 9.17) is 11.0 Å². The molecule has 1 fully saturated rings. The highest BCUT2D eigenvalue weighted by Crippen LogP contribution is 2.19. The zero-order valence-corrected chi connectivity index (χ0v) is 10.1. The maximum absolute atomic E-state index is 11.8. The lowest BCUT2D eigenvalue weighted by Crippen LogP contribution is -2.33. The summed E-state index contributed by atoms with van der Waals surface area (Å²) in [5.74, 6) is 0.0780. The van der Waals surface area contributed by atoms with Gasteiger partial charge in [-0.05, 0) is 31.0 Å². The van der Waals surface area contributed by atoms with Crippen LogP contribution in [0.1, 0.15) is 18.4 Å². The molecule has 5 nitrogen and oxygen atoms in total. The lowest BCUT2D eigenvalue weighted by atomic mass is 10.2. The number of hydrogen-bond donors (Lipinski definition) is 2. The highest BCUT2D eigenvalue weighted by atomic mass is 16.2. The summed E-state index contributed by atoms with van der Waals surface area (Å²) in [5.41, 5.74) is 7.50. The van der Waals surface area contributed by atoms with Crippen LogP contribution in [0.5, 0.6) is 0 Å². The minimum absolute atomic E-state index is 0.0780. The summed E-state index contributed by atoms with van der Waals surface area (Å²) in [6.07, 6.45) is 2.16. The fraction of sp³-hybridized carbons (Fsp3) is 0.385. The second kappa shape index (κ2) is 5.41. The fourth-order valence-corrected chi connectivity index (χ4v) is 2.03. The van der Waals surface area contributed by atoms with E-state index in [2.05, 4.69) is 5.32 Å². The summed E-state index contributed by atoms with van der Waals surface area (Å²) >= 11 is 0. The maximum atomic E-state index is 11.8. The van der Waals surface area contributed by atoms with Crippen molar-refractivity contribution in [2.45, 2.75) is 12.8 Å². The predicted molar refractivity (Wildman–Crippen MR) is 69.9 cm³/mol. The van der Waals surface area contributed by atoms with Crippen molar-refractivity contribution in [2.24, 2.45) is 0 Å². The van der Waals surface area contributed by atoms with Crippen LogP contribution in [0.2, 0.25) is 0 Å². The van der Waals surface area contributed by atoms with Crippen LogP contribution >= 0.6 is 0 Å². The molecule has 1 aliphatic heterocycles. The number of carbonyl (C=O) groups is 1. The second-order valence-electron chi connectivity index (χ2n) is 4.36. The van der Waals surface area contributed by atoms with Gasteiger partial charge in [0.05, 0.1) is 29.6 Å². The van der Waals surface area contributed by atoms with Gasteiger partial charge in [-0.15, -0.1) is 0 Å². The second-order valence-corrected chi connectivity index (χ2v) is 4.36. The van der Waals surface area contributed by atoms with Gasteiger partial charge in [-0.25, -0.2) is 0 Å². The number of carbonyl (C=O) groups excluding carboxylic acids is 1. The summed E-state index contributed by atoms with van der Waals surface area (Å²) in [6.45, 7) is 1.90. The molecule has 0 aromatic heterocycles. The van der Waals surface area contributed by atoms with Crippen LogP contribution < -0.4 is 11.1 Å². The van der Waals surface area contributed by atoms with Crippen LogP contribution in [0.25, 0.3) is 0 Å². The van der Waals surface area contributed by atoms with E-state index in [1.165, 1.54) is 0 Å². The van der Waals surface area contributed by atoms with Crippen molar-refractivity contribution in [2.75, 3.05) is 30.7 Å². The quantitative estimate of drug-likeness (QED) is 0.782. The molecule has 0 spiro atoms. The smallest absolute Gasteiger partial charge is 0.241 e. The van der Waals surface area contributed by atoms with Crippen molar-refractivity contribution in [1.82, 2.24) is 4.90 Å². The molecule has 0 radical (unpaired) electrons. The van der Waals surface area contributed by atoms with E-state index >= 15 is 0 Å². The van der Waals surface area contributed by atoms with Crippen LogP contribution in [0, 0.1) is 11.3 Å². The van der Waals surface area contributed by atoms with E-state index in [9.17, 15) is 4.79 Å². The van der Waals surface area contributed by atoms with E-state index in [1.54, 1.807) is 18.2 Å². The van der Waals surface area contributed by atoms with Gasteiger partial charge in [-0.1, -0.05) is 0 Å². The SMILES string of the molecule is N#Cc1ccc(N)c(NCC(=O)N2CCCC2)c1. The number of anilines is 2. The topological polar surface area (TPSA) is 82.1 Å². The number of benzene rings is 1. The minimum Gasteiger partial charge on any atom is -0.397 e. The van der Waals surface area contributed by atoms with Crippen molar-refractivity contribution in [3.8, 4) is 6.07 Å². The predicted octanol–water partition coefficient (Wildman–Crippen LogP) is 1.17. The lowest BCUT2D eigenvalue weighted by molar-refractivity contribution is -0.128. The molecular weight excluding hydrogens is 228 g/mol. The number of nitrogens with two attached hydrogens (primary N) is 1. The van der Waals surface area contributed by atoms with Gasteiger partial charge in [0.25, 0.3) is 0 Å². The van der Waals surface area contributed by atoms with Crippen LogP contribution in [0.3, 0.4) is 0 Å². The van der Waals surface area contributed by atoms with E-state index in [0.717, 1.165) is 25.9 Å². The Bertz CT molecular complexity index is 486. The third-order valence-corrected chi connectivity index (χ3v) is 3.07. The van der Waals surface area contributed by atoms with Gasteiger partial charge in [0.1, 0.15) is 0 Å². The average molecular weight is 244 g/mol. The molecule has 0 unspecified atom stereocenters. The van der Waals surface area contributed by atoms with Gasteiger partial charge in [0.2, 0.25) is 5.91 Å². The Morgan fingerprint density at radius 2 is 2.17 bits per heavy atom. The minimum atomic E-state index is 0.0780. The first-order valence-electron chi connectivity index (χ1n) is 6.02. The number of amides is 1. The van der Waals surface area contributed by atoms with E-state index < -0.39 is 0 Å². The van der Waals surface area contributed by atoms with Crippen LogP contribution in [0.4, 0.5) is 11.4 Å². The van der Waals surface area contributed by atoms with Crippen molar-refractivity contribution in [1.29, 1.82) is 5.26 Å². The summed E-state index contributed by atoms with van der Waals surface area (Å²) < 4.78 is 0. The molecule has 1 saturated heterocycles. The van der Waals surface area contributed by atoms with Gasteiger partial charge < -0.3 is 16.0 Å². The highest BCUT2D eigenvalue weighted by Gasteiger charge is 2.17. The Morgan fingerprint density at radius 1 is 1.44 bits per heavy atom. The van der Waals surface area contributed by atoms with Crippen molar-refractivity contribution < 1.29 is 4.79 Å². The summed E-state index contributed by atoms with van der Waals surface area (Å²) in [7, 11) is 0. The Morgan fingerprint density at radius 3 is 2.83 bits per heavy atom. The molecule has 1 amide bonds. The van der Waals surface area contributed by atoms with Gasteiger partial charge in [0.15, 0.2) is 0 Å². The monoisotopic (exact) mass is 244 g/mol. The number of hydrogen-bond acceptors (Lipinski definition) is 4. The average Bonchev–Trinajstić information content (AvgIpc) is 2.91. The number of rotatable bonds is 3. The standard InChI is InChI=1S/C13H16N4O/c14-8-10-3-4-11(15)12(7-10)16-9-13(18)17-5-1-2-6-17/h3-4,7,16H,1-2,5-6,9,15H2. The Kier molecular flexibility index (Phi) is 3.68. The molecule has 1 heterocycles. The molecule has 0 saturated carbocycles. The molecular formula is C13H16N4O. The molecule has 0 atom stereocenters. The third-order valence-electron chi connectivity index (χ3n) is 3.07. The van der Waals surface area contributed by atoms with Gasteiger partial charge in [-0.2, -0.15) is 5.26 Å². The number of nitrogens with zero attached hydrogens (tertiary/aromatic N) is 2. The Balaban J connectivity index is 1.97. The summed E-state index contributed by atoms with van der Waals surface area (Å²) in [4.78, 5) is 13.7. The number of likely N-dealkylation sites (tertiary alicyclic amines) is 1. The first-order valence-corrected chi connectivity index (χ1v) is 6.02. The van der Waals surface area contributed by atoms with Gasteiger partial charge >= 0.3 is 0 Å². The normalized spacial score (nSPS) is 14.3. The summed E-state index contributed by atoms with van der Waals surface area (Å²) in [6, 6.07) is 7.03. The van der Waals surface area contributed by atoms with Crippen molar-refractivity contribution >= 4 is 17.3 Å². The maximum Gasteiger partial charge on any atom is 0.241 e. The first kappa shape index (κ1) is 12.2. The Hall–Kier alpha value is -2.22. The van der Waals surface area contributed by atoms with Crippen molar-refractivity contribution in [3.63, 3.8) is 0 Å². The van der Waals surface area contributed by atoms with E-state index in [1.807, 2.05) is 11.0 Å².